The predicted molar refractivity (Wildman–Crippen MR) is 55.4 cm³/mol. The topological polar surface area (TPSA) is 64.3 Å². The highest BCUT2D eigenvalue weighted by Gasteiger charge is 2.14. The molecule has 0 aromatic carbocycles. The van der Waals surface area contributed by atoms with Crippen molar-refractivity contribution >= 4 is 17.6 Å². The lowest BCUT2D eigenvalue weighted by Gasteiger charge is -2.05. The summed E-state index contributed by atoms with van der Waals surface area (Å²) in [6.07, 6.45) is 3.24. The summed E-state index contributed by atoms with van der Waals surface area (Å²) in [5, 5.41) is 11.5. The average molecular weight is 233 g/mol. The van der Waals surface area contributed by atoms with Crippen LogP contribution in [0, 0.1) is 0 Å². The van der Waals surface area contributed by atoms with Gasteiger partial charge in [0.1, 0.15) is 6.61 Å². The quantitative estimate of drug-likeness (QED) is 0.782. The largest absolute Gasteiger partial charge is 0.488 e. The molecule has 84 valence electrons. The summed E-state index contributed by atoms with van der Waals surface area (Å²) in [5.41, 5.74) is 0. The van der Waals surface area contributed by atoms with E-state index in [0.29, 0.717) is 5.75 Å². The highest BCUT2D eigenvalue weighted by Crippen LogP contribution is 2.13. The first-order valence-electron chi connectivity index (χ1n) is 4.54. The Morgan fingerprint density at radius 1 is 1.73 bits per heavy atom. The predicted octanol–water partition coefficient (Wildman–Crippen LogP) is 1.53. The standard InChI is InChI=1S/C9H13ClN2O3/c1-6(2)12-4-7(3-11-12)15-5-8(10)9(13)14/h3-4,6,8H,5H2,1-2H3,(H,13,14). The van der Waals surface area contributed by atoms with Crippen LogP contribution in [0.25, 0.3) is 0 Å². The number of ether oxygens (including phenoxy) is 1. The molecule has 1 atom stereocenters. The van der Waals surface area contributed by atoms with E-state index in [1.807, 2.05) is 13.8 Å². The van der Waals surface area contributed by atoms with Gasteiger partial charge in [-0.2, -0.15) is 5.10 Å². The molecular weight excluding hydrogens is 220 g/mol. The monoisotopic (exact) mass is 232 g/mol. The molecule has 6 heteroatoms. The second kappa shape index (κ2) is 5.02. The van der Waals surface area contributed by atoms with Crippen LogP contribution >= 0.6 is 11.6 Å². The minimum absolute atomic E-state index is 0.0688. The minimum atomic E-state index is -1.09. The van der Waals surface area contributed by atoms with Crippen LogP contribution in [0.5, 0.6) is 5.75 Å². The molecule has 0 aliphatic carbocycles. The number of carboxylic acids is 1. The first-order chi connectivity index (χ1) is 7.00. The molecule has 0 saturated carbocycles. The first kappa shape index (κ1) is 11.8. The van der Waals surface area contributed by atoms with Gasteiger partial charge in [0.2, 0.25) is 0 Å². The van der Waals surface area contributed by atoms with Gasteiger partial charge in [0, 0.05) is 6.04 Å². The molecule has 15 heavy (non-hydrogen) atoms. The van der Waals surface area contributed by atoms with Gasteiger partial charge in [-0.15, -0.1) is 11.6 Å². The summed E-state index contributed by atoms with van der Waals surface area (Å²) < 4.78 is 6.89. The van der Waals surface area contributed by atoms with Crippen LogP contribution in [-0.4, -0.2) is 32.8 Å². The van der Waals surface area contributed by atoms with Gasteiger partial charge in [-0.05, 0) is 13.8 Å². The molecule has 5 nitrogen and oxygen atoms in total. The molecule has 0 bridgehead atoms. The minimum Gasteiger partial charge on any atom is -0.488 e. The number of aromatic nitrogens is 2. The van der Waals surface area contributed by atoms with Crippen molar-refractivity contribution in [3.8, 4) is 5.75 Å². The van der Waals surface area contributed by atoms with E-state index in [2.05, 4.69) is 5.10 Å². The van der Waals surface area contributed by atoms with Crippen molar-refractivity contribution in [1.29, 1.82) is 0 Å². The van der Waals surface area contributed by atoms with Gasteiger partial charge in [-0.25, -0.2) is 0 Å². The third kappa shape index (κ3) is 3.43. The average Bonchev–Trinajstić information content (AvgIpc) is 2.62. The van der Waals surface area contributed by atoms with E-state index in [9.17, 15) is 4.79 Å². The summed E-state index contributed by atoms with van der Waals surface area (Å²) in [7, 11) is 0. The van der Waals surface area contributed by atoms with Crippen LogP contribution < -0.4 is 4.74 Å². The molecule has 0 aliphatic rings. The Morgan fingerprint density at radius 3 is 2.87 bits per heavy atom. The van der Waals surface area contributed by atoms with Crippen molar-refractivity contribution in [2.75, 3.05) is 6.61 Å². The summed E-state index contributed by atoms with van der Waals surface area (Å²) in [5.74, 6) is -0.566. The number of alkyl halides is 1. The van der Waals surface area contributed by atoms with E-state index in [0.717, 1.165) is 0 Å². The molecule has 1 heterocycles. The molecule has 0 spiro atoms. The van der Waals surface area contributed by atoms with Gasteiger partial charge in [-0.3, -0.25) is 9.48 Å². The SMILES string of the molecule is CC(C)n1cc(OCC(Cl)C(=O)O)cn1. The van der Waals surface area contributed by atoms with Crippen LogP contribution in [0.4, 0.5) is 0 Å². The van der Waals surface area contributed by atoms with Gasteiger partial charge >= 0.3 is 5.97 Å². The van der Waals surface area contributed by atoms with Gasteiger partial charge in [0.05, 0.1) is 12.4 Å². The Labute approximate surface area is 92.6 Å². The summed E-state index contributed by atoms with van der Waals surface area (Å²) >= 11 is 5.48. The Morgan fingerprint density at radius 2 is 2.40 bits per heavy atom. The number of rotatable bonds is 5. The fraction of sp³-hybridized carbons (Fsp3) is 0.556. The lowest BCUT2D eigenvalue weighted by Crippen LogP contribution is -2.21. The molecule has 1 rings (SSSR count). The Kier molecular flexibility index (Phi) is 3.96. The van der Waals surface area contributed by atoms with E-state index < -0.39 is 11.3 Å². The van der Waals surface area contributed by atoms with E-state index in [4.69, 9.17) is 21.4 Å². The van der Waals surface area contributed by atoms with Crippen LogP contribution in [0.15, 0.2) is 12.4 Å². The molecule has 1 aromatic heterocycles. The number of halogens is 1. The Balaban J connectivity index is 2.47. The lowest BCUT2D eigenvalue weighted by atomic mass is 10.4. The maximum atomic E-state index is 10.4. The van der Waals surface area contributed by atoms with Crippen molar-refractivity contribution < 1.29 is 14.6 Å². The number of carbonyl (C=O) groups is 1. The normalized spacial score (nSPS) is 12.8. The third-order valence-electron chi connectivity index (χ3n) is 1.77. The van der Waals surface area contributed by atoms with Gasteiger partial charge < -0.3 is 9.84 Å². The summed E-state index contributed by atoms with van der Waals surface area (Å²) in [6.45, 7) is 3.90. The second-order valence-electron chi connectivity index (χ2n) is 3.37. The van der Waals surface area contributed by atoms with Crippen molar-refractivity contribution in [3.63, 3.8) is 0 Å². The van der Waals surface area contributed by atoms with E-state index in [-0.39, 0.29) is 12.6 Å². The molecule has 0 fully saturated rings. The molecule has 0 amide bonds. The maximum Gasteiger partial charge on any atom is 0.325 e. The van der Waals surface area contributed by atoms with E-state index in [1.54, 1.807) is 10.9 Å². The van der Waals surface area contributed by atoms with Crippen molar-refractivity contribution in [1.82, 2.24) is 9.78 Å². The molecule has 1 aromatic rings. The molecule has 0 aliphatic heterocycles. The molecule has 0 saturated heterocycles. The highest BCUT2D eigenvalue weighted by molar-refractivity contribution is 6.29. The zero-order valence-electron chi connectivity index (χ0n) is 8.55. The van der Waals surface area contributed by atoms with Gasteiger partial charge in [0.15, 0.2) is 11.1 Å². The smallest absolute Gasteiger partial charge is 0.325 e. The Bertz CT molecular complexity index is 338. The fourth-order valence-electron chi connectivity index (χ4n) is 0.918. The Hall–Kier alpha value is -1.23. The fourth-order valence-corrected chi connectivity index (χ4v) is 0.981. The molecule has 1 N–H and O–H groups in total. The van der Waals surface area contributed by atoms with E-state index in [1.165, 1.54) is 6.20 Å². The summed E-state index contributed by atoms with van der Waals surface area (Å²) in [6, 6.07) is 0.244. The van der Waals surface area contributed by atoms with Crippen LogP contribution in [-0.2, 0) is 4.79 Å². The molecular formula is C9H13ClN2O3. The maximum absolute atomic E-state index is 10.4. The summed E-state index contributed by atoms with van der Waals surface area (Å²) in [4.78, 5) is 10.4. The zero-order chi connectivity index (χ0) is 11.4. The highest BCUT2D eigenvalue weighted by atomic mass is 35.5. The number of nitrogens with zero attached hydrogens (tertiary/aromatic N) is 2. The van der Waals surface area contributed by atoms with Gasteiger partial charge in [-0.1, -0.05) is 0 Å². The molecule has 0 radical (unpaired) electrons. The number of hydrogen-bond acceptors (Lipinski definition) is 3. The van der Waals surface area contributed by atoms with Gasteiger partial charge in [0.25, 0.3) is 0 Å². The lowest BCUT2D eigenvalue weighted by molar-refractivity contribution is -0.137. The van der Waals surface area contributed by atoms with Crippen LogP contribution in [0.2, 0.25) is 0 Å². The van der Waals surface area contributed by atoms with Crippen molar-refractivity contribution in [2.45, 2.75) is 25.3 Å². The zero-order valence-corrected chi connectivity index (χ0v) is 9.31. The molecule has 1 unspecified atom stereocenters. The number of aliphatic carboxylic acids is 1. The second-order valence-corrected chi connectivity index (χ2v) is 3.89. The van der Waals surface area contributed by atoms with Crippen molar-refractivity contribution in [3.05, 3.63) is 12.4 Å². The number of hydrogen-bond donors (Lipinski definition) is 1. The third-order valence-corrected chi connectivity index (χ3v) is 2.08. The van der Waals surface area contributed by atoms with Crippen LogP contribution in [0.3, 0.4) is 0 Å². The van der Waals surface area contributed by atoms with Crippen molar-refractivity contribution in [2.24, 2.45) is 0 Å². The van der Waals surface area contributed by atoms with E-state index >= 15 is 0 Å². The number of carboxylic acid groups (broad SMARTS) is 1. The first-order valence-corrected chi connectivity index (χ1v) is 4.98. The van der Waals surface area contributed by atoms with Crippen LogP contribution in [0.1, 0.15) is 19.9 Å².